The van der Waals surface area contributed by atoms with Gasteiger partial charge in [0.25, 0.3) is 0 Å². The lowest BCUT2D eigenvalue weighted by atomic mass is 10.2. The van der Waals surface area contributed by atoms with Crippen molar-refractivity contribution in [3.8, 4) is 0 Å². The Kier molecular flexibility index (Phi) is 6.94. The van der Waals surface area contributed by atoms with Crippen molar-refractivity contribution in [1.82, 2.24) is 14.8 Å². The van der Waals surface area contributed by atoms with Crippen molar-refractivity contribution in [2.75, 3.05) is 20.1 Å². The Bertz CT molecular complexity index is 613. The van der Waals surface area contributed by atoms with Gasteiger partial charge in [-0.3, -0.25) is 14.7 Å². The van der Waals surface area contributed by atoms with E-state index in [1.54, 1.807) is 12.4 Å². The zero-order valence-electron chi connectivity index (χ0n) is 14.9. The van der Waals surface area contributed by atoms with Gasteiger partial charge >= 0.3 is 0 Å². The predicted molar refractivity (Wildman–Crippen MR) is 97.6 cm³/mol. The minimum absolute atomic E-state index is 0.172. The smallest absolute Gasteiger partial charge is 0.237 e. The van der Waals surface area contributed by atoms with E-state index in [9.17, 15) is 4.79 Å². The van der Waals surface area contributed by atoms with Gasteiger partial charge in [0.2, 0.25) is 5.91 Å². The number of hydrogen-bond donors (Lipinski definition) is 0. The minimum Gasteiger partial charge on any atom is -0.335 e. The van der Waals surface area contributed by atoms with Gasteiger partial charge in [0.1, 0.15) is 0 Å². The summed E-state index contributed by atoms with van der Waals surface area (Å²) >= 11 is 0. The quantitative estimate of drug-likeness (QED) is 0.748. The highest BCUT2D eigenvalue weighted by atomic mass is 16.2. The first-order valence-electron chi connectivity index (χ1n) is 8.47. The van der Waals surface area contributed by atoms with Crippen LogP contribution in [0.15, 0.2) is 54.9 Å². The zero-order chi connectivity index (χ0) is 17.4. The van der Waals surface area contributed by atoms with E-state index in [1.165, 1.54) is 11.1 Å². The maximum Gasteiger partial charge on any atom is 0.237 e. The summed E-state index contributed by atoms with van der Waals surface area (Å²) in [6.45, 7) is 6.09. The van der Waals surface area contributed by atoms with E-state index in [0.29, 0.717) is 13.1 Å². The van der Waals surface area contributed by atoms with Crippen LogP contribution in [0, 0.1) is 0 Å². The van der Waals surface area contributed by atoms with Crippen molar-refractivity contribution in [3.05, 3.63) is 66.0 Å². The minimum atomic E-state index is 0.172. The molecule has 4 nitrogen and oxygen atoms in total. The summed E-state index contributed by atoms with van der Waals surface area (Å²) in [5.41, 5.74) is 2.41. The van der Waals surface area contributed by atoms with Crippen LogP contribution in [-0.2, 0) is 17.8 Å². The standard InChI is InChI=1S/C20H27N3O/c1-17(2)23(15-19-7-5-4-6-8-19)20(24)16-22(3)14-11-18-9-12-21-13-10-18/h4-10,12-13,17H,11,14-16H2,1-3H3. The highest BCUT2D eigenvalue weighted by Crippen LogP contribution is 2.09. The van der Waals surface area contributed by atoms with Crippen LogP contribution in [0.5, 0.6) is 0 Å². The fourth-order valence-corrected chi connectivity index (χ4v) is 2.61. The fraction of sp³-hybridized carbons (Fsp3) is 0.400. The molecule has 0 fully saturated rings. The van der Waals surface area contributed by atoms with Gasteiger partial charge in [0, 0.05) is 31.5 Å². The third kappa shape index (κ3) is 5.78. The maximum atomic E-state index is 12.7. The molecule has 0 atom stereocenters. The van der Waals surface area contributed by atoms with Gasteiger partial charge in [-0.1, -0.05) is 30.3 Å². The van der Waals surface area contributed by atoms with E-state index < -0.39 is 0 Å². The van der Waals surface area contributed by atoms with Crippen LogP contribution in [0.25, 0.3) is 0 Å². The van der Waals surface area contributed by atoms with Gasteiger partial charge < -0.3 is 4.90 Å². The molecule has 0 aliphatic rings. The van der Waals surface area contributed by atoms with Crippen molar-refractivity contribution in [2.24, 2.45) is 0 Å². The molecule has 1 heterocycles. The van der Waals surface area contributed by atoms with Gasteiger partial charge in [-0.2, -0.15) is 0 Å². The molecule has 0 saturated heterocycles. The highest BCUT2D eigenvalue weighted by Gasteiger charge is 2.18. The molecule has 4 heteroatoms. The van der Waals surface area contributed by atoms with E-state index in [0.717, 1.165) is 13.0 Å². The Morgan fingerprint density at radius 3 is 2.33 bits per heavy atom. The molecule has 1 aromatic carbocycles. The molecule has 0 N–H and O–H groups in total. The molecule has 1 amide bonds. The largest absolute Gasteiger partial charge is 0.335 e. The topological polar surface area (TPSA) is 36.4 Å². The average Bonchev–Trinajstić information content (AvgIpc) is 2.59. The molecule has 2 rings (SSSR count). The number of aromatic nitrogens is 1. The second-order valence-corrected chi connectivity index (χ2v) is 6.44. The summed E-state index contributed by atoms with van der Waals surface area (Å²) in [5.74, 6) is 0.172. The fourth-order valence-electron chi connectivity index (χ4n) is 2.61. The number of hydrogen-bond acceptors (Lipinski definition) is 3. The summed E-state index contributed by atoms with van der Waals surface area (Å²) < 4.78 is 0. The van der Waals surface area contributed by atoms with Crippen LogP contribution >= 0.6 is 0 Å². The molecule has 0 radical (unpaired) electrons. The number of likely N-dealkylation sites (N-methyl/N-ethyl adjacent to an activating group) is 1. The van der Waals surface area contributed by atoms with Crippen molar-refractivity contribution in [1.29, 1.82) is 0 Å². The third-order valence-electron chi connectivity index (χ3n) is 4.08. The van der Waals surface area contributed by atoms with Crippen LogP contribution in [0.2, 0.25) is 0 Å². The number of amides is 1. The summed E-state index contributed by atoms with van der Waals surface area (Å²) in [6, 6.07) is 14.4. The average molecular weight is 325 g/mol. The Balaban J connectivity index is 1.87. The van der Waals surface area contributed by atoms with Gasteiger partial charge in [0.05, 0.1) is 6.54 Å². The van der Waals surface area contributed by atoms with Crippen molar-refractivity contribution in [2.45, 2.75) is 32.9 Å². The van der Waals surface area contributed by atoms with Gasteiger partial charge in [-0.15, -0.1) is 0 Å². The Morgan fingerprint density at radius 2 is 1.71 bits per heavy atom. The second kappa shape index (κ2) is 9.18. The molecule has 24 heavy (non-hydrogen) atoms. The Hall–Kier alpha value is -2.20. The van der Waals surface area contributed by atoms with Crippen molar-refractivity contribution in [3.63, 3.8) is 0 Å². The lowest BCUT2D eigenvalue weighted by Gasteiger charge is -2.29. The lowest BCUT2D eigenvalue weighted by molar-refractivity contribution is -0.134. The van der Waals surface area contributed by atoms with Crippen molar-refractivity contribution >= 4 is 5.91 Å². The van der Waals surface area contributed by atoms with Gasteiger partial charge in [-0.05, 0) is 50.6 Å². The van der Waals surface area contributed by atoms with E-state index >= 15 is 0 Å². The summed E-state index contributed by atoms with van der Waals surface area (Å²) in [6.07, 6.45) is 4.54. The molecule has 128 valence electrons. The number of nitrogens with zero attached hydrogens (tertiary/aromatic N) is 3. The first kappa shape index (κ1) is 18.1. The molecule has 0 aliphatic carbocycles. The summed E-state index contributed by atoms with van der Waals surface area (Å²) in [7, 11) is 2.00. The van der Waals surface area contributed by atoms with E-state index in [2.05, 4.69) is 35.9 Å². The van der Waals surface area contributed by atoms with Crippen molar-refractivity contribution < 1.29 is 4.79 Å². The van der Waals surface area contributed by atoms with E-state index in [1.807, 2.05) is 42.3 Å². The molecule has 0 unspecified atom stereocenters. The van der Waals surface area contributed by atoms with Crippen LogP contribution < -0.4 is 0 Å². The molecule has 2 aromatic rings. The molecule has 0 spiro atoms. The second-order valence-electron chi connectivity index (χ2n) is 6.44. The molecule has 0 aliphatic heterocycles. The maximum absolute atomic E-state index is 12.7. The molecular formula is C20H27N3O. The Morgan fingerprint density at radius 1 is 1.04 bits per heavy atom. The van der Waals surface area contributed by atoms with E-state index in [4.69, 9.17) is 0 Å². The Labute approximate surface area is 145 Å². The SMILES string of the molecule is CC(C)N(Cc1ccccc1)C(=O)CN(C)CCc1ccncc1. The number of rotatable bonds is 8. The highest BCUT2D eigenvalue weighted by molar-refractivity contribution is 5.78. The molecule has 1 aromatic heterocycles. The number of benzene rings is 1. The van der Waals surface area contributed by atoms with Crippen LogP contribution in [-0.4, -0.2) is 46.9 Å². The number of carbonyl (C=O) groups excluding carboxylic acids is 1. The van der Waals surface area contributed by atoms with Crippen LogP contribution in [0.4, 0.5) is 0 Å². The summed E-state index contributed by atoms with van der Waals surface area (Å²) in [5, 5.41) is 0. The zero-order valence-corrected chi connectivity index (χ0v) is 14.9. The van der Waals surface area contributed by atoms with E-state index in [-0.39, 0.29) is 11.9 Å². The first-order chi connectivity index (χ1) is 11.6. The number of pyridine rings is 1. The van der Waals surface area contributed by atoms with Gasteiger partial charge in [0.15, 0.2) is 0 Å². The molecule has 0 saturated carbocycles. The third-order valence-corrected chi connectivity index (χ3v) is 4.08. The van der Waals surface area contributed by atoms with Crippen LogP contribution in [0.1, 0.15) is 25.0 Å². The normalized spacial score (nSPS) is 11.0. The van der Waals surface area contributed by atoms with Crippen LogP contribution in [0.3, 0.4) is 0 Å². The monoisotopic (exact) mass is 325 g/mol. The number of carbonyl (C=O) groups is 1. The van der Waals surface area contributed by atoms with Gasteiger partial charge in [-0.25, -0.2) is 0 Å². The molecule has 0 bridgehead atoms. The molecular weight excluding hydrogens is 298 g/mol. The lowest BCUT2D eigenvalue weighted by Crippen LogP contribution is -2.42. The predicted octanol–water partition coefficient (Wildman–Crippen LogP) is 2.99. The first-order valence-corrected chi connectivity index (χ1v) is 8.47. The summed E-state index contributed by atoms with van der Waals surface area (Å²) in [4.78, 5) is 20.7.